The Labute approximate surface area is 176 Å². The summed E-state index contributed by atoms with van der Waals surface area (Å²) in [5.41, 5.74) is 2.02. The van der Waals surface area contributed by atoms with E-state index in [0.29, 0.717) is 29.2 Å². The zero-order valence-electron chi connectivity index (χ0n) is 17.4. The molecule has 0 unspecified atom stereocenters. The molecule has 3 rings (SSSR count). The van der Waals surface area contributed by atoms with Crippen LogP contribution in [0.5, 0.6) is 0 Å². The van der Waals surface area contributed by atoms with Gasteiger partial charge in [-0.05, 0) is 48.3 Å². The van der Waals surface area contributed by atoms with E-state index in [0.717, 1.165) is 31.2 Å². The van der Waals surface area contributed by atoms with Gasteiger partial charge in [-0.1, -0.05) is 74.4 Å². The van der Waals surface area contributed by atoms with Crippen molar-refractivity contribution in [2.45, 2.75) is 45.4 Å². The number of allylic oxidation sites excluding steroid dienone is 1. The second-order valence-corrected chi connectivity index (χ2v) is 7.58. The van der Waals surface area contributed by atoms with E-state index < -0.39 is 11.7 Å². The van der Waals surface area contributed by atoms with Crippen molar-refractivity contribution in [1.29, 1.82) is 0 Å². The first-order chi connectivity index (χ1) is 14.5. The normalized spacial score (nSPS) is 12.1. The van der Waals surface area contributed by atoms with E-state index in [2.05, 4.69) is 13.5 Å². The molecule has 3 aromatic rings. The van der Waals surface area contributed by atoms with Gasteiger partial charge in [0.25, 0.3) is 0 Å². The third-order valence-electron chi connectivity index (χ3n) is 5.37. The van der Waals surface area contributed by atoms with Crippen molar-refractivity contribution in [2.75, 3.05) is 0 Å². The fourth-order valence-electron chi connectivity index (χ4n) is 3.57. The third-order valence-corrected chi connectivity index (χ3v) is 5.37. The molecular formula is C27H27F3. The van der Waals surface area contributed by atoms with E-state index in [-0.39, 0.29) is 16.9 Å². The summed E-state index contributed by atoms with van der Waals surface area (Å²) in [5.74, 6) is -2.16. The first kappa shape index (κ1) is 21.9. The van der Waals surface area contributed by atoms with Crippen LogP contribution >= 0.6 is 0 Å². The molecule has 0 aliphatic heterocycles. The smallest absolute Gasteiger partial charge is 0.166 e. The molecule has 0 N–H and O–H groups in total. The van der Waals surface area contributed by atoms with E-state index in [1.807, 2.05) is 12.1 Å². The summed E-state index contributed by atoms with van der Waals surface area (Å²) in [6, 6.07) is 14.8. The second-order valence-electron chi connectivity index (χ2n) is 7.58. The minimum atomic E-state index is -0.938. The van der Waals surface area contributed by atoms with Gasteiger partial charge in [-0.25, -0.2) is 13.2 Å². The first-order valence-corrected chi connectivity index (χ1v) is 10.5. The van der Waals surface area contributed by atoms with Crippen molar-refractivity contribution in [2.24, 2.45) is 0 Å². The zero-order valence-corrected chi connectivity index (χ0v) is 17.4. The molecule has 156 valence electrons. The Hall–Kier alpha value is -2.81. The number of hydrogen-bond acceptors (Lipinski definition) is 0. The summed E-state index contributed by atoms with van der Waals surface area (Å²) < 4.78 is 44.3. The van der Waals surface area contributed by atoms with E-state index >= 15 is 0 Å². The number of rotatable bonds is 9. The molecule has 0 saturated heterocycles. The molecule has 0 radical (unpaired) electrons. The van der Waals surface area contributed by atoms with Crippen LogP contribution in [0.25, 0.3) is 22.4 Å². The molecule has 30 heavy (non-hydrogen) atoms. The van der Waals surface area contributed by atoms with Crippen molar-refractivity contribution in [3.05, 3.63) is 95.3 Å². The van der Waals surface area contributed by atoms with Crippen molar-refractivity contribution in [3.8, 4) is 0 Å². The summed E-state index contributed by atoms with van der Waals surface area (Å²) >= 11 is 0. The van der Waals surface area contributed by atoms with Crippen LogP contribution in [-0.2, 0) is 12.8 Å². The van der Waals surface area contributed by atoms with Crippen LogP contribution in [0.2, 0.25) is 0 Å². The molecule has 0 aromatic heterocycles. The van der Waals surface area contributed by atoms with Crippen molar-refractivity contribution >= 4 is 22.4 Å². The monoisotopic (exact) mass is 408 g/mol. The van der Waals surface area contributed by atoms with Crippen molar-refractivity contribution in [3.63, 3.8) is 0 Å². The Balaban J connectivity index is 1.86. The van der Waals surface area contributed by atoms with Crippen LogP contribution in [0.1, 0.15) is 54.9 Å². The second kappa shape index (κ2) is 10.3. The molecule has 0 fully saturated rings. The van der Waals surface area contributed by atoms with Gasteiger partial charge in [0.2, 0.25) is 0 Å². The minimum Gasteiger partial charge on any atom is -0.206 e. The molecule has 0 spiro atoms. The van der Waals surface area contributed by atoms with Crippen LogP contribution in [0.4, 0.5) is 13.2 Å². The van der Waals surface area contributed by atoms with E-state index in [4.69, 9.17) is 0 Å². The molecule has 0 heterocycles. The number of unbranched alkanes of at least 4 members (excludes halogenated alkanes) is 2. The van der Waals surface area contributed by atoms with Gasteiger partial charge in [-0.15, -0.1) is 6.58 Å². The summed E-state index contributed by atoms with van der Waals surface area (Å²) in [4.78, 5) is 0. The van der Waals surface area contributed by atoms with Gasteiger partial charge in [0, 0.05) is 16.5 Å². The van der Waals surface area contributed by atoms with Gasteiger partial charge in [-0.3, -0.25) is 0 Å². The maximum Gasteiger partial charge on any atom is 0.166 e. The van der Waals surface area contributed by atoms with Crippen LogP contribution in [0.3, 0.4) is 0 Å². The molecule has 0 saturated carbocycles. The Kier molecular flexibility index (Phi) is 7.51. The number of hydrogen-bond donors (Lipinski definition) is 0. The number of benzene rings is 3. The Morgan fingerprint density at radius 3 is 2.27 bits per heavy atom. The maximum absolute atomic E-state index is 14.8. The Morgan fingerprint density at radius 2 is 1.57 bits per heavy atom. The molecule has 0 amide bonds. The highest BCUT2D eigenvalue weighted by atomic mass is 19.2. The molecule has 0 nitrogen and oxygen atoms in total. The fourth-order valence-corrected chi connectivity index (χ4v) is 3.57. The topological polar surface area (TPSA) is 0 Å². The molecule has 0 bridgehead atoms. The van der Waals surface area contributed by atoms with Crippen LogP contribution in [-0.4, -0.2) is 0 Å². The molecule has 3 aromatic carbocycles. The number of halogens is 3. The quantitative estimate of drug-likeness (QED) is 0.189. The van der Waals surface area contributed by atoms with Gasteiger partial charge in [-0.2, -0.15) is 0 Å². The highest BCUT2D eigenvalue weighted by Crippen LogP contribution is 2.32. The SMILES string of the molecule is C=CCCc1ccc2cc(C(F)=C(F)c3ccc(CCCCC)cc3)ccc2c1F. The molecule has 3 heteroatoms. The van der Waals surface area contributed by atoms with Crippen LogP contribution in [0.15, 0.2) is 67.3 Å². The zero-order chi connectivity index (χ0) is 21.5. The third kappa shape index (κ3) is 5.02. The molecule has 0 aliphatic carbocycles. The van der Waals surface area contributed by atoms with Gasteiger partial charge in [0.15, 0.2) is 11.7 Å². The first-order valence-electron chi connectivity index (χ1n) is 10.5. The average molecular weight is 409 g/mol. The predicted molar refractivity (Wildman–Crippen MR) is 121 cm³/mol. The Bertz CT molecular complexity index is 1050. The van der Waals surface area contributed by atoms with Gasteiger partial charge >= 0.3 is 0 Å². The largest absolute Gasteiger partial charge is 0.206 e. The molecule has 0 aliphatic rings. The van der Waals surface area contributed by atoms with Crippen LogP contribution < -0.4 is 0 Å². The van der Waals surface area contributed by atoms with E-state index in [9.17, 15) is 13.2 Å². The molecule has 0 atom stereocenters. The number of fused-ring (bicyclic) bond motifs is 1. The van der Waals surface area contributed by atoms with Crippen LogP contribution in [0, 0.1) is 5.82 Å². The number of aryl methyl sites for hydroxylation is 2. The Morgan fingerprint density at radius 1 is 0.867 bits per heavy atom. The predicted octanol–water partition coefficient (Wildman–Crippen LogP) is 8.60. The fraction of sp³-hybridized carbons (Fsp3) is 0.259. The summed E-state index contributed by atoms with van der Waals surface area (Å²) in [5, 5.41) is 0.950. The van der Waals surface area contributed by atoms with Gasteiger partial charge in [0.1, 0.15) is 5.82 Å². The lowest BCUT2D eigenvalue weighted by atomic mass is 9.99. The lowest BCUT2D eigenvalue weighted by Gasteiger charge is -2.08. The van der Waals surface area contributed by atoms with Crippen molar-refractivity contribution < 1.29 is 13.2 Å². The summed E-state index contributed by atoms with van der Waals surface area (Å²) in [7, 11) is 0. The highest BCUT2D eigenvalue weighted by Gasteiger charge is 2.14. The van der Waals surface area contributed by atoms with Gasteiger partial charge < -0.3 is 0 Å². The standard InChI is InChI=1S/C27H27F3/c1-3-5-7-8-19-10-12-21(13-11-19)26(29)27(30)23-16-17-24-22(18-23)15-14-20(25(24)28)9-6-4-2/h4,10-18H,2-3,5-9H2,1H3. The van der Waals surface area contributed by atoms with Crippen molar-refractivity contribution in [1.82, 2.24) is 0 Å². The minimum absolute atomic E-state index is 0.102. The summed E-state index contributed by atoms with van der Waals surface area (Å²) in [6.45, 7) is 5.80. The molecular weight excluding hydrogens is 381 g/mol. The average Bonchev–Trinajstić information content (AvgIpc) is 2.78. The van der Waals surface area contributed by atoms with E-state index in [1.54, 1.807) is 30.3 Å². The lowest BCUT2D eigenvalue weighted by molar-refractivity contribution is 0.621. The summed E-state index contributed by atoms with van der Waals surface area (Å²) in [6.07, 6.45) is 7.31. The van der Waals surface area contributed by atoms with E-state index in [1.165, 1.54) is 18.2 Å². The van der Waals surface area contributed by atoms with Gasteiger partial charge in [0.05, 0.1) is 0 Å². The lowest BCUT2D eigenvalue weighted by Crippen LogP contribution is -1.92. The highest BCUT2D eigenvalue weighted by molar-refractivity contribution is 5.90. The maximum atomic E-state index is 14.8.